The molecule has 0 unspecified atom stereocenters. The van der Waals surface area contributed by atoms with Gasteiger partial charge in [-0.2, -0.15) is 8.42 Å². The van der Waals surface area contributed by atoms with Crippen LogP contribution in [0.15, 0.2) is 0 Å². The molecular weight excluding hydrogens is 174 g/mol. The van der Waals surface area contributed by atoms with Crippen LogP contribution in [0.2, 0.25) is 0 Å². The summed E-state index contributed by atoms with van der Waals surface area (Å²) in [7, 11) is -3.82. The van der Waals surface area contributed by atoms with Gasteiger partial charge in [0.05, 0.1) is 12.9 Å². The fraction of sp³-hybridized carbons (Fsp3) is 0.750. The van der Waals surface area contributed by atoms with Crippen molar-refractivity contribution in [3.05, 3.63) is 0 Å². The lowest BCUT2D eigenvalue weighted by Gasteiger charge is -2.05. The molecule has 0 aliphatic rings. The van der Waals surface area contributed by atoms with E-state index >= 15 is 0 Å². The summed E-state index contributed by atoms with van der Waals surface area (Å²) in [6, 6.07) is -1.30. The number of hydrogen-bond acceptors (Lipinski definition) is 6. The molecule has 0 heterocycles. The van der Waals surface area contributed by atoms with E-state index < -0.39 is 28.7 Å². The number of aliphatic hydroxyl groups excluding tert-OH is 1. The molecule has 0 aliphatic carbocycles. The molecule has 0 aromatic carbocycles. The van der Waals surface area contributed by atoms with Crippen LogP contribution in [0.1, 0.15) is 0 Å². The quantitative estimate of drug-likeness (QED) is 0.481. The Morgan fingerprint density at radius 1 is 1.73 bits per heavy atom. The van der Waals surface area contributed by atoms with Crippen LogP contribution in [0, 0.1) is 0 Å². The van der Waals surface area contributed by atoms with Gasteiger partial charge in [-0.1, -0.05) is 0 Å². The van der Waals surface area contributed by atoms with E-state index in [1.807, 2.05) is 0 Å². The van der Waals surface area contributed by atoms with Gasteiger partial charge in [0.1, 0.15) is 6.04 Å². The van der Waals surface area contributed by atoms with Gasteiger partial charge in [-0.15, -0.1) is 0 Å². The van der Waals surface area contributed by atoms with Crippen LogP contribution in [0.3, 0.4) is 0 Å². The van der Waals surface area contributed by atoms with Crippen molar-refractivity contribution in [1.29, 1.82) is 0 Å². The number of hydrogen-bond donors (Lipinski definition) is 2. The third kappa shape index (κ3) is 4.71. The van der Waals surface area contributed by atoms with Crippen molar-refractivity contribution in [2.24, 2.45) is 5.73 Å². The fourth-order valence-corrected chi connectivity index (χ4v) is 0.708. The molecular formula is C4H9NO5S. The first-order valence-corrected chi connectivity index (χ1v) is 4.48. The number of rotatable bonds is 3. The molecule has 7 heteroatoms. The fourth-order valence-electron chi connectivity index (χ4n) is 0.286. The predicted octanol–water partition coefficient (Wildman–Crippen LogP) is -2.19. The maximum absolute atomic E-state index is 10.5. The first-order chi connectivity index (χ1) is 4.87. The molecule has 3 N–H and O–H groups in total. The van der Waals surface area contributed by atoms with Crippen LogP contribution in [0.25, 0.3) is 0 Å². The molecule has 0 saturated heterocycles. The molecule has 0 saturated carbocycles. The molecule has 0 aliphatic heterocycles. The molecule has 0 radical (unpaired) electrons. The highest BCUT2D eigenvalue weighted by Gasteiger charge is 2.18. The largest absolute Gasteiger partial charge is 0.394 e. The summed E-state index contributed by atoms with van der Waals surface area (Å²) in [6.45, 7) is -0.644. The van der Waals surface area contributed by atoms with E-state index in [1.165, 1.54) is 0 Å². The smallest absolute Gasteiger partial charge is 0.341 e. The molecule has 0 spiro atoms. The predicted molar refractivity (Wildman–Crippen MR) is 36.0 cm³/mol. The Balaban J connectivity index is 4.10. The van der Waals surface area contributed by atoms with E-state index in [2.05, 4.69) is 4.18 Å². The average Bonchev–Trinajstić information content (AvgIpc) is 1.82. The Kier molecular flexibility index (Phi) is 3.43. The third-order valence-electron chi connectivity index (χ3n) is 0.733. The van der Waals surface area contributed by atoms with Crippen LogP contribution < -0.4 is 5.73 Å². The van der Waals surface area contributed by atoms with E-state index in [4.69, 9.17) is 10.8 Å². The second-order valence-corrected chi connectivity index (χ2v) is 3.47. The topological polar surface area (TPSA) is 107 Å². The van der Waals surface area contributed by atoms with Gasteiger partial charge >= 0.3 is 16.1 Å². The van der Waals surface area contributed by atoms with Crippen molar-refractivity contribution in [2.45, 2.75) is 6.04 Å². The van der Waals surface area contributed by atoms with E-state index in [-0.39, 0.29) is 0 Å². The molecule has 0 amide bonds. The zero-order valence-electron chi connectivity index (χ0n) is 5.85. The van der Waals surface area contributed by atoms with Crippen molar-refractivity contribution >= 4 is 16.1 Å². The van der Waals surface area contributed by atoms with Gasteiger partial charge in [-0.3, -0.25) is 0 Å². The molecule has 0 rings (SSSR count). The first-order valence-electron chi connectivity index (χ1n) is 2.66. The Morgan fingerprint density at radius 2 is 2.18 bits per heavy atom. The normalized spacial score (nSPS) is 14.1. The van der Waals surface area contributed by atoms with Gasteiger partial charge in [0.2, 0.25) is 0 Å². The molecule has 0 fully saturated rings. The first kappa shape index (κ1) is 10.3. The lowest BCUT2D eigenvalue weighted by molar-refractivity contribution is -0.136. The number of carbonyl (C=O) groups is 1. The maximum Gasteiger partial charge on any atom is 0.341 e. The van der Waals surface area contributed by atoms with E-state index in [0.29, 0.717) is 0 Å². The van der Waals surface area contributed by atoms with Gasteiger partial charge in [0, 0.05) is 0 Å². The van der Waals surface area contributed by atoms with Gasteiger partial charge in [0.15, 0.2) is 0 Å². The summed E-state index contributed by atoms with van der Waals surface area (Å²) in [6.07, 6.45) is 0.717. The van der Waals surface area contributed by atoms with Crippen LogP contribution >= 0.6 is 0 Å². The van der Waals surface area contributed by atoms with Gasteiger partial charge in [-0.25, -0.2) is 4.79 Å². The summed E-state index contributed by atoms with van der Waals surface area (Å²) in [5.41, 5.74) is 4.93. The summed E-state index contributed by atoms with van der Waals surface area (Å²) in [5, 5.41) is 8.28. The highest BCUT2D eigenvalue weighted by atomic mass is 32.2. The molecule has 0 aromatic heterocycles. The molecule has 0 bridgehead atoms. The van der Waals surface area contributed by atoms with Crippen LogP contribution in [-0.4, -0.2) is 38.4 Å². The average molecular weight is 183 g/mol. The third-order valence-corrected chi connectivity index (χ3v) is 1.20. The number of aliphatic hydroxyl groups is 1. The summed E-state index contributed by atoms with van der Waals surface area (Å²) in [4.78, 5) is 10.5. The zero-order chi connectivity index (χ0) is 9.07. The summed E-state index contributed by atoms with van der Waals surface area (Å²) in [5.74, 6) is -1.16. The SMILES string of the molecule is CS(=O)(=O)OC(=O)[C@@H](N)CO. The lowest BCUT2D eigenvalue weighted by Crippen LogP contribution is -2.36. The molecule has 0 aromatic rings. The minimum absolute atomic E-state index is 0.644. The summed E-state index contributed by atoms with van der Waals surface area (Å²) >= 11 is 0. The minimum atomic E-state index is -3.82. The van der Waals surface area contributed by atoms with Crippen molar-refractivity contribution < 1.29 is 22.5 Å². The molecule has 66 valence electrons. The Hall–Kier alpha value is -0.660. The van der Waals surface area contributed by atoms with Gasteiger partial charge < -0.3 is 15.0 Å². The monoisotopic (exact) mass is 183 g/mol. The highest BCUT2D eigenvalue weighted by Crippen LogP contribution is 1.90. The Bertz CT molecular complexity index is 233. The van der Waals surface area contributed by atoms with Crippen LogP contribution in [0.4, 0.5) is 0 Å². The van der Waals surface area contributed by atoms with Crippen molar-refractivity contribution in [3.8, 4) is 0 Å². The van der Waals surface area contributed by atoms with E-state index in [9.17, 15) is 13.2 Å². The highest BCUT2D eigenvalue weighted by molar-refractivity contribution is 7.86. The van der Waals surface area contributed by atoms with Gasteiger partial charge in [0.25, 0.3) is 0 Å². The Labute approximate surface area is 64.1 Å². The number of nitrogens with two attached hydrogens (primary N) is 1. The minimum Gasteiger partial charge on any atom is -0.394 e. The van der Waals surface area contributed by atoms with Crippen molar-refractivity contribution in [3.63, 3.8) is 0 Å². The maximum atomic E-state index is 10.5. The standard InChI is InChI=1S/C4H9NO5S/c1-11(8,9)10-4(7)3(5)2-6/h3,6H,2,5H2,1H3/t3-/m0/s1. The van der Waals surface area contributed by atoms with Crippen molar-refractivity contribution in [1.82, 2.24) is 0 Å². The lowest BCUT2D eigenvalue weighted by atomic mass is 10.3. The Morgan fingerprint density at radius 3 is 2.45 bits per heavy atom. The molecule has 6 nitrogen and oxygen atoms in total. The molecule has 1 atom stereocenters. The summed E-state index contributed by atoms with van der Waals surface area (Å²) < 4.78 is 24.4. The van der Waals surface area contributed by atoms with Gasteiger partial charge in [-0.05, 0) is 0 Å². The van der Waals surface area contributed by atoms with Crippen molar-refractivity contribution in [2.75, 3.05) is 12.9 Å². The number of carbonyl (C=O) groups excluding carboxylic acids is 1. The second kappa shape index (κ2) is 3.65. The second-order valence-electron chi connectivity index (χ2n) is 1.90. The van der Waals surface area contributed by atoms with E-state index in [0.717, 1.165) is 6.26 Å². The van der Waals surface area contributed by atoms with Crippen LogP contribution in [0.5, 0.6) is 0 Å². The van der Waals surface area contributed by atoms with Crippen LogP contribution in [-0.2, 0) is 19.1 Å². The molecule has 11 heavy (non-hydrogen) atoms. The van der Waals surface area contributed by atoms with E-state index in [1.54, 1.807) is 0 Å². The zero-order valence-corrected chi connectivity index (χ0v) is 6.67.